The quantitative estimate of drug-likeness (QED) is 0.190. The van der Waals surface area contributed by atoms with Crippen LogP contribution in [0.1, 0.15) is 31.7 Å². The minimum absolute atomic E-state index is 0.240. The lowest BCUT2D eigenvalue weighted by molar-refractivity contribution is -0.118. The van der Waals surface area contributed by atoms with Crippen LogP contribution in [0.25, 0.3) is 33.2 Å². The van der Waals surface area contributed by atoms with Crippen molar-refractivity contribution in [2.24, 2.45) is 0 Å². The van der Waals surface area contributed by atoms with Crippen LogP contribution in [0.4, 0.5) is 11.5 Å². The van der Waals surface area contributed by atoms with Gasteiger partial charge >= 0.3 is 0 Å². The minimum atomic E-state index is 0.240. The van der Waals surface area contributed by atoms with E-state index >= 15 is 0 Å². The monoisotopic (exact) mass is 522 g/mol. The predicted octanol–water partition coefficient (Wildman–Crippen LogP) is 6.16. The number of H-pyrrole nitrogens is 1. The lowest BCUT2D eigenvalue weighted by Gasteiger charge is -2.14. The molecule has 5 aromatic rings. The number of nitrogens with zero attached hydrogens (tertiary/aromatic N) is 4. The number of ketones is 1. The van der Waals surface area contributed by atoms with Crippen LogP contribution in [-0.4, -0.2) is 58.1 Å². The molecule has 2 N–H and O–H groups in total. The molecule has 0 aliphatic heterocycles. The standard InChI is InChI=1S/C31H34N6O2/c1-4-7-25(38)17-21-8-5-9-22(16-21)30-34-29-13-11-26(39-15-6-14-37(2)3)19-27(29)31(35-30)33-24-10-12-28-23(18-24)20-32-36-28/h5,8-13,16,18-20H,4,6-7,14-15,17H2,1-3H3,(H,32,36)(H,33,34,35). The first-order valence-corrected chi connectivity index (χ1v) is 13.4. The average Bonchev–Trinajstić information content (AvgIpc) is 3.39. The maximum atomic E-state index is 12.3. The molecular weight excluding hydrogens is 488 g/mol. The second-order valence-corrected chi connectivity index (χ2v) is 10.0. The molecule has 8 heteroatoms. The van der Waals surface area contributed by atoms with Gasteiger partial charge in [0.1, 0.15) is 17.4 Å². The third kappa shape index (κ3) is 6.59. The fourth-order valence-corrected chi connectivity index (χ4v) is 4.56. The van der Waals surface area contributed by atoms with Gasteiger partial charge in [-0.2, -0.15) is 5.10 Å². The maximum absolute atomic E-state index is 12.3. The molecule has 8 nitrogen and oxygen atoms in total. The van der Waals surface area contributed by atoms with Gasteiger partial charge in [0, 0.05) is 41.4 Å². The Morgan fingerprint density at radius 1 is 1.05 bits per heavy atom. The number of aromatic nitrogens is 4. The number of aromatic amines is 1. The van der Waals surface area contributed by atoms with Crippen molar-refractivity contribution >= 4 is 39.1 Å². The van der Waals surface area contributed by atoms with E-state index in [1.165, 1.54) is 0 Å². The Bertz CT molecular complexity index is 1590. The van der Waals surface area contributed by atoms with E-state index in [9.17, 15) is 4.79 Å². The Balaban J connectivity index is 1.51. The van der Waals surface area contributed by atoms with E-state index in [-0.39, 0.29) is 5.78 Å². The maximum Gasteiger partial charge on any atom is 0.162 e. The molecule has 0 aliphatic rings. The predicted molar refractivity (Wildman–Crippen MR) is 157 cm³/mol. The van der Waals surface area contributed by atoms with Crippen molar-refractivity contribution in [1.82, 2.24) is 25.1 Å². The minimum Gasteiger partial charge on any atom is -0.494 e. The van der Waals surface area contributed by atoms with Gasteiger partial charge < -0.3 is 15.0 Å². The van der Waals surface area contributed by atoms with Crippen LogP contribution in [0.15, 0.2) is 66.9 Å². The summed E-state index contributed by atoms with van der Waals surface area (Å²) in [5.74, 6) is 2.30. The van der Waals surface area contributed by atoms with E-state index in [0.717, 1.165) is 63.8 Å². The van der Waals surface area contributed by atoms with Crippen LogP contribution in [0, 0.1) is 0 Å². The molecule has 0 saturated heterocycles. The van der Waals surface area contributed by atoms with E-state index < -0.39 is 0 Å². The Kier molecular flexibility index (Phi) is 8.13. The molecule has 0 amide bonds. The summed E-state index contributed by atoms with van der Waals surface area (Å²) in [6, 6.07) is 19.9. The van der Waals surface area contributed by atoms with Crippen molar-refractivity contribution < 1.29 is 9.53 Å². The third-order valence-electron chi connectivity index (χ3n) is 6.50. The molecular formula is C31H34N6O2. The second-order valence-electron chi connectivity index (χ2n) is 10.0. The lowest BCUT2D eigenvalue weighted by atomic mass is 10.0. The Labute approximate surface area is 228 Å². The van der Waals surface area contributed by atoms with Gasteiger partial charge in [-0.1, -0.05) is 25.1 Å². The van der Waals surface area contributed by atoms with Crippen molar-refractivity contribution in [1.29, 1.82) is 0 Å². The first-order chi connectivity index (χ1) is 19.0. The zero-order valence-electron chi connectivity index (χ0n) is 22.7. The average molecular weight is 523 g/mol. The molecule has 200 valence electrons. The highest BCUT2D eigenvalue weighted by Gasteiger charge is 2.13. The number of hydrogen-bond acceptors (Lipinski definition) is 7. The van der Waals surface area contributed by atoms with Crippen molar-refractivity contribution in [3.8, 4) is 17.1 Å². The zero-order valence-corrected chi connectivity index (χ0v) is 22.7. The molecule has 0 bridgehead atoms. The molecule has 2 aromatic heterocycles. The number of hydrogen-bond donors (Lipinski definition) is 2. The van der Waals surface area contributed by atoms with Crippen molar-refractivity contribution in [3.63, 3.8) is 0 Å². The van der Waals surface area contributed by atoms with E-state index in [0.29, 0.717) is 31.1 Å². The van der Waals surface area contributed by atoms with Gasteiger partial charge in [-0.3, -0.25) is 9.89 Å². The number of nitrogens with one attached hydrogen (secondary N) is 2. The van der Waals surface area contributed by atoms with E-state index in [2.05, 4.69) is 34.5 Å². The van der Waals surface area contributed by atoms with Gasteiger partial charge in [0.15, 0.2) is 5.82 Å². The molecule has 0 unspecified atom stereocenters. The molecule has 2 heterocycles. The number of anilines is 2. The van der Waals surface area contributed by atoms with Crippen LogP contribution in [-0.2, 0) is 11.2 Å². The van der Waals surface area contributed by atoms with Gasteiger partial charge in [-0.05, 0) is 75.0 Å². The molecule has 39 heavy (non-hydrogen) atoms. The summed E-state index contributed by atoms with van der Waals surface area (Å²) in [7, 11) is 4.12. The summed E-state index contributed by atoms with van der Waals surface area (Å²) in [4.78, 5) is 24.3. The smallest absolute Gasteiger partial charge is 0.162 e. The number of Topliss-reactive ketones (excluding diaryl/α,β-unsaturated/α-hetero) is 1. The largest absolute Gasteiger partial charge is 0.494 e. The molecule has 0 radical (unpaired) electrons. The zero-order chi connectivity index (χ0) is 27.2. The number of carbonyl (C=O) groups excluding carboxylic acids is 1. The second kappa shape index (κ2) is 12.0. The Morgan fingerprint density at radius 2 is 1.95 bits per heavy atom. The number of rotatable bonds is 12. The highest BCUT2D eigenvalue weighted by Crippen LogP contribution is 2.31. The van der Waals surface area contributed by atoms with Gasteiger partial charge in [0.05, 0.1) is 23.8 Å². The Hall–Kier alpha value is -4.30. The number of ether oxygens (including phenoxy) is 1. The molecule has 0 spiro atoms. The SMILES string of the molecule is CCCC(=O)Cc1cccc(-c2nc(Nc3ccc4[nH]ncc4c3)c3cc(OCCCN(C)C)ccc3n2)c1. The van der Waals surface area contributed by atoms with Crippen LogP contribution < -0.4 is 10.1 Å². The molecule has 0 saturated carbocycles. The molecule has 5 rings (SSSR count). The summed E-state index contributed by atoms with van der Waals surface area (Å²) in [6.45, 7) is 3.62. The Morgan fingerprint density at radius 3 is 2.79 bits per heavy atom. The highest BCUT2D eigenvalue weighted by atomic mass is 16.5. The third-order valence-corrected chi connectivity index (χ3v) is 6.50. The fourth-order valence-electron chi connectivity index (χ4n) is 4.56. The molecule has 0 aliphatic carbocycles. The highest BCUT2D eigenvalue weighted by molar-refractivity contribution is 5.94. The van der Waals surface area contributed by atoms with Gasteiger partial charge in [-0.15, -0.1) is 0 Å². The van der Waals surface area contributed by atoms with E-state index in [1.54, 1.807) is 6.20 Å². The van der Waals surface area contributed by atoms with Crippen LogP contribution in [0.3, 0.4) is 0 Å². The summed E-state index contributed by atoms with van der Waals surface area (Å²) in [6.07, 6.45) is 4.60. The topological polar surface area (TPSA) is 96.0 Å². The lowest BCUT2D eigenvalue weighted by Crippen LogP contribution is -2.15. The van der Waals surface area contributed by atoms with Crippen LogP contribution in [0.2, 0.25) is 0 Å². The molecule has 3 aromatic carbocycles. The normalized spacial score (nSPS) is 11.4. The van der Waals surface area contributed by atoms with Crippen molar-refractivity contribution in [2.75, 3.05) is 32.6 Å². The van der Waals surface area contributed by atoms with Gasteiger partial charge in [-0.25, -0.2) is 9.97 Å². The number of fused-ring (bicyclic) bond motifs is 2. The van der Waals surface area contributed by atoms with E-state index in [1.807, 2.05) is 67.6 Å². The van der Waals surface area contributed by atoms with Gasteiger partial charge in [0.25, 0.3) is 0 Å². The fraction of sp³-hybridized carbons (Fsp3) is 0.290. The molecule has 0 atom stereocenters. The van der Waals surface area contributed by atoms with E-state index in [4.69, 9.17) is 14.7 Å². The summed E-state index contributed by atoms with van der Waals surface area (Å²) in [5.41, 5.74) is 4.51. The summed E-state index contributed by atoms with van der Waals surface area (Å²) in [5, 5.41) is 12.5. The van der Waals surface area contributed by atoms with Crippen molar-refractivity contribution in [2.45, 2.75) is 32.6 Å². The van der Waals surface area contributed by atoms with Gasteiger partial charge in [0.2, 0.25) is 0 Å². The number of benzene rings is 3. The van der Waals surface area contributed by atoms with Crippen molar-refractivity contribution in [3.05, 3.63) is 72.4 Å². The first kappa shape index (κ1) is 26.3. The van der Waals surface area contributed by atoms with Crippen LogP contribution >= 0.6 is 0 Å². The summed E-state index contributed by atoms with van der Waals surface area (Å²) < 4.78 is 6.05. The van der Waals surface area contributed by atoms with Crippen LogP contribution in [0.5, 0.6) is 5.75 Å². The molecule has 0 fully saturated rings. The number of carbonyl (C=O) groups is 1. The first-order valence-electron chi connectivity index (χ1n) is 13.4. The summed E-state index contributed by atoms with van der Waals surface area (Å²) >= 11 is 0.